The van der Waals surface area contributed by atoms with E-state index in [9.17, 15) is 13.6 Å². The van der Waals surface area contributed by atoms with Crippen LogP contribution in [0.15, 0.2) is 24.3 Å². The number of ether oxygens (including phenoxy) is 1. The fraction of sp³-hybridized carbons (Fsp3) is 0.588. The van der Waals surface area contributed by atoms with Gasteiger partial charge in [-0.2, -0.15) is 0 Å². The van der Waals surface area contributed by atoms with Crippen LogP contribution in [0, 0.1) is 5.92 Å². The van der Waals surface area contributed by atoms with Gasteiger partial charge in [0.05, 0.1) is 13.0 Å². The summed E-state index contributed by atoms with van der Waals surface area (Å²) in [5.74, 6) is -3.32. The first-order valence-corrected chi connectivity index (χ1v) is 7.56. The van der Waals surface area contributed by atoms with E-state index in [1.165, 1.54) is 25.5 Å². The SMILES string of the molecule is COC(=O)C(c1ccc(C2CC2)cc1)C1CCC(F)(F)C1. The molecule has 2 nitrogen and oxygen atoms in total. The van der Waals surface area contributed by atoms with Crippen molar-refractivity contribution in [3.63, 3.8) is 0 Å². The van der Waals surface area contributed by atoms with Crippen molar-refractivity contribution >= 4 is 5.97 Å². The predicted molar refractivity (Wildman–Crippen MR) is 75.5 cm³/mol. The number of methoxy groups -OCH3 is 1. The molecule has 0 aliphatic heterocycles. The van der Waals surface area contributed by atoms with Crippen LogP contribution in [-0.4, -0.2) is 19.0 Å². The molecule has 2 atom stereocenters. The Morgan fingerprint density at radius 2 is 1.90 bits per heavy atom. The van der Waals surface area contributed by atoms with Gasteiger partial charge in [0.15, 0.2) is 0 Å². The van der Waals surface area contributed by atoms with Gasteiger partial charge in [0.2, 0.25) is 5.92 Å². The minimum absolute atomic E-state index is 0.134. The van der Waals surface area contributed by atoms with Gasteiger partial charge in [-0.1, -0.05) is 24.3 Å². The Balaban J connectivity index is 1.83. The van der Waals surface area contributed by atoms with Crippen LogP contribution in [-0.2, 0) is 9.53 Å². The molecule has 1 aromatic carbocycles. The van der Waals surface area contributed by atoms with Crippen molar-refractivity contribution < 1.29 is 18.3 Å². The summed E-state index contributed by atoms with van der Waals surface area (Å²) in [4.78, 5) is 12.1. The van der Waals surface area contributed by atoms with Crippen LogP contribution in [0.3, 0.4) is 0 Å². The molecule has 0 amide bonds. The number of alkyl halides is 2. The Morgan fingerprint density at radius 3 is 2.38 bits per heavy atom. The van der Waals surface area contributed by atoms with E-state index in [1.807, 2.05) is 24.3 Å². The van der Waals surface area contributed by atoms with Gasteiger partial charge >= 0.3 is 5.97 Å². The molecule has 0 N–H and O–H groups in total. The molecular formula is C17H20F2O2. The zero-order valence-electron chi connectivity index (χ0n) is 12.1. The quantitative estimate of drug-likeness (QED) is 0.776. The van der Waals surface area contributed by atoms with Gasteiger partial charge in [-0.25, -0.2) is 8.78 Å². The minimum Gasteiger partial charge on any atom is -0.469 e. The van der Waals surface area contributed by atoms with Gasteiger partial charge in [0.25, 0.3) is 0 Å². The van der Waals surface area contributed by atoms with Crippen LogP contribution in [0.25, 0.3) is 0 Å². The molecule has 2 aliphatic carbocycles. The number of halogens is 2. The van der Waals surface area contributed by atoms with Crippen LogP contribution in [0.4, 0.5) is 8.78 Å². The van der Waals surface area contributed by atoms with Crippen molar-refractivity contribution in [3.8, 4) is 0 Å². The number of rotatable bonds is 4. The van der Waals surface area contributed by atoms with Gasteiger partial charge < -0.3 is 4.74 Å². The lowest BCUT2D eigenvalue weighted by Gasteiger charge is -2.22. The summed E-state index contributed by atoms with van der Waals surface area (Å²) >= 11 is 0. The highest BCUT2D eigenvalue weighted by Crippen LogP contribution is 2.46. The monoisotopic (exact) mass is 294 g/mol. The molecule has 2 aliphatic rings. The summed E-state index contributed by atoms with van der Waals surface area (Å²) in [7, 11) is 1.32. The lowest BCUT2D eigenvalue weighted by molar-refractivity contribution is -0.144. The Bertz CT molecular complexity index is 520. The molecule has 21 heavy (non-hydrogen) atoms. The molecule has 4 heteroatoms. The van der Waals surface area contributed by atoms with Crippen molar-refractivity contribution in [2.45, 2.75) is 49.9 Å². The van der Waals surface area contributed by atoms with Crippen LogP contribution in [0.5, 0.6) is 0 Å². The van der Waals surface area contributed by atoms with E-state index >= 15 is 0 Å². The van der Waals surface area contributed by atoms with Crippen molar-refractivity contribution in [1.82, 2.24) is 0 Å². The molecule has 0 spiro atoms. The minimum atomic E-state index is -2.65. The van der Waals surface area contributed by atoms with Gasteiger partial charge in [-0.15, -0.1) is 0 Å². The molecule has 0 aromatic heterocycles. The van der Waals surface area contributed by atoms with Crippen molar-refractivity contribution in [1.29, 1.82) is 0 Å². The van der Waals surface area contributed by atoms with Crippen LogP contribution < -0.4 is 0 Å². The van der Waals surface area contributed by atoms with Crippen LogP contribution in [0.2, 0.25) is 0 Å². The summed E-state index contributed by atoms with van der Waals surface area (Å²) in [5, 5.41) is 0. The highest BCUT2D eigenvalue weighted by atomic mass is 19.3. The highest BCUT2D eigenvalue weighted by Gasteiger charge is 2.45. The Morgan fingerprint density at radius 1 is 1.24 bits per heavy atom. The van der Waals surface area contributed by atoms with Crippen molar-refractivity contribution in [3.05, 3.63) is 35.4 Å². The van der Waals surface area contributed by atoms with Gasteiger partial charge in [-0.05, 0) is 42.2 Å². The molecular weight excluding hydrogens is 274 g/mol. The second-order valence-corrected chi connectivity index (χ2v) is 6.30. The normalized spacial score (nSPS) is 25.6. The lowest BCUT2D eigenvalue weighted by Crippen LogP contribution is -2.23. The van der Waals surface area contributed by atoms with E-state index in [0.29, 0.717) is 12.3 Å². The maximum Gasteiger partial charge on any atom is 0.313 e. The number of esters is 1. The van der Waals surface area contributed by atoms with Gasteiger partial charge in [0.1, 0.15) is 0 Å². The average molecular weight is 294 g/mol. The molecule has 3 rings (SSSR count). The van der Waals surface area contributed by atoms with Crippen LogP contribution in [0.1, 0.15) is 55.1 Å². The van der Waals surface area contributed by atoms with E-state index in [-0.39, 0.29) is 18.8 Å². The Hall–Kier alpha value is -1.45. The Labute approximate surface area is 123 Å². The first-order chi connectivity index (χ1) is 10.00. The zero-order chi connectivity index (χ0) is 15.0. The molecule has 0 radical (unpaired) electrons. The number of carbonyl (C=O) groups excluding carboxylic acids is 1. The predicted octanol–water partition coefficient (Wildman–Crippen LogP) is 4.26. The third kappa shape index (κ3) is 3.09. The average Bonchev–Trinajstić information content (AvgIpc) is 3.24. The maximum absolute atomic E-state index is 13.5. The smallest absolute Gasteiger partial charge is 0.313 e. The zero-order valence-corrected chi connectivity index (χ0v) is 12.1. The second kappa shape index (κ2) is 5.39. The third-order valence-corrected chi connectivity index (χ3v) is 4.71. The second-order valence-electron chi connectivity index (χ2n) is 6.30. The molecule has 0 saturated heterocycles. The number of benzene rings is 1. The standard InChI is InChI=1S/C17H20F2O2/c1-21-16(20)15(14-8-9-17(18,19)10-14)13-6-4-12(5-7-13)11-2-3-11/h4-7,11,14-15H,2-3,8-10H2,1H3. The summed E-state index contributed by atoms with van der Waals surface area (Å²) in [6.45, 7) is 0. The van der Waals surface area contributed by atoms with Crippen molar-refractivity contribution in [2.75, 3.05) is 7.11 Å². The van der Waals surface area contributed by atoms with E-state index in [0.717, 1.165) is 5.56 Å². The van der Waals surface area contributed by atoms with Crippen molar-refractivity contribution in [2.24, 2.45) is 5.92 Å². The number of hydrogen-bond donors (Lipinski definition) is 0. The maximum atomic E-state index is 13.5. The summed E-state index contributed by atoms with van der Waals surface area (Å²) in [5.41, 5.74) is 2.08. The fourth-order valence-electron chi connectivity index (χ4n) is 3.39. The molecule has 0 heterocycles. The third-order valence-electron chi connectivity index (χ3n) is 4.71. The fourth-order valence-corrected chi connectivity index (χ4v) is 3.39. The van der Waals surface area contributed by atoms with Gasteiger partial charge in [0, 0.05) is 12.8 Å². The summed E-state index contributed by atoms with van der Waals surface area (Å²) < 4.78 is 31.8. The molecule has 2 unspecified atom stereocenters. The molecule has 0 bridgehead atoms. The Kier molecular flexibility index (Phi) is 3.72. The van der Waals surface area contributed by atoms with Crippen LogP contribution >= 0.6 is 0 Å². The number of hydrogen-bond acceptors (Lipinski definition) is 2. The molecule has 2 saturated carbocycles. The first-order valence-electron chi connectivity index (χ1n) is 7.56. The van der Waals surface area contributed by atoms with E-state index in [1.54, 1.807) is 0 Å². The first kappa shape index (κ1) is 14.5. The highest BCUT2D eigenvalue weighted by molar-refractivity contribution is 5.78. The summed E-state index contributed by atoms with van der Waals surface area (Å²) in [6, 6.07) is 7.86. The molecule has 114 valence electrons. The van der Waals surface area contributed by atoms with E-state index in [4.69, 9.17) is 4.74 Å². The van der Waals surface area contributed by atoms with E-state index < -0.39 is 17.8 Å². The van der Waals surface area contributed by atoms with Gasteiger partial charge in [-0.3, -0.25) is 4.79 Å². The van der Waals surface area contributed by atoms with E-state index in [2.05, 4.69) is 0 Å². The molecule has 1 aromatic rings. The topological polar surface area (TPSA) is 26.3 Å². The largest absolute Gasteiger partial charge is 0.469 e. The molecule has 2 fully saturated rings. The number of carbonyl (C=O) groups is 1. The lowest BCUT2D eigenvalue weighted by atomic mass is 9.84. The summed E-state index contributed by atoms with van der Waals surface area (Å²) in [6.07, 6.45) is 2.45.